The van der Waals surface area contributed by atoms with E-state index in [9.17, 15) is 20.4 Å². The van der Waals surface area contributed by atoms with E-state index >= 15 is 0 Å². The highest BCUT2D eigenvalue weighted by Gasteiger charge is 2.28. The van der Waals surface area contributed by atoms with Crippen molar-refractivity contribution >= 4 is 0 Å². The summed E-state index contributed by atoms with van der Waals surface area (Å²) in [7, 11) is 0. The summed E-state index contributed by atoms with van der Waals surface area (Å²) in [5.41, 5.74) is 11.2. The van der Waals surface area contributed by atoms with Crippen LogP contribution in [0.3, 0.4) is 0 Å². The molecule has 0 aliphatic heterocycles. The molecule has 0 bridgehead atoms. The molecule has 0 aromatic heterocycles. The lowest BCUT2D eigenvalue weighted by atomic mass is 9.78. The molecule has 4 aromatic rings. The maximum Gasteiger partial charge on any atom is 0.123 e. The highest BCUT2D eigenvalue weighted by Crippen LogP contribution is 2.48. The molecule has 45 heavy (non-hydrogen) atoms. The van der Waals surface area contributed by atoms with Gasteiger partial charge in [0.25, 0.3) is 0 Å². The van der Waals surface area contributed by atoms with Gasteiger partial charge in [-0.3, -0.25) is 0 Å². The first-order chi connectivity index (χ1) is 21.7. The van der Waals surface area contributed by atoms with Crippen LogP contribution in [0.5, 0.6) is 23.0 Å². The van der Waals surface area contributed by atoms with Gasteiger partial charge in [0.05, 0.1) is 0 Å². The van der Waals surface area contributed by atoms with Crippen LogP contribution in [0.25, 0.3) is 22.3 Å². The fraction of sp³-hybridized carbons (Fsp3) is 0.415. The fourth-order valence-electron chi connectivity index (χ4n) is 8.45. The van der Waals surface area contributed by atoms with E-state index in [1.807, 2.05) is 38.1 Å². The molecule has 0 unspecified atom stereocenters. The SMILES string of the molecule is Cc1cc(-c2c(O)cccc2Cc2cccc(O)c2-c2cc(C)c(O)c(C3CCCCC3)c2C)c(C)c(C2CCCCC2)c1O. The van der Waals surface area contributed by atoms with Gasteiger partial charge in [0, 0.05) is 22.3 Å². The lowest BCUT2D eigenvalue weighted by Gasteiger charge is -2.28. The molecule has 6 rings (SSSR count). The normalized spacial score (nSPS) is 16.3. The molecule has 2 fully saturated rings. The zero-order chi connectivity index (χ0) is 31.8. The third-order valence-corrected chi connectivity index (χ3v) is 10.8. The third-order valence-electron chi connectivity index (χ3n) is 10.8. The smallest absolute Gasteiger partial charge is 0.123 e. The van der Waals surface area contributed by atoms with Crippen molar-refractivity contribution in [3.63, 3.8) is 0 Å². The van der Waals surface area contributed by atoms with Crippen LogP contribution in [-0.4, -0.2) is 20.4 Å². The van der Waals surface area contributed by atoms with Crippen LogP contribution in [0.15, 0.2) is 48.5 Å². The van der Waals surface area contributed by atoms with Gasteiger partial charge in [-0.25, -0.2) is 0 Å². The Labute approximate surface area is 268 Å². The summed E-state index contributed by atoms with van der Waals surface area (Å²) in [6.07, 6.45) is 12.0. The van der Waals surface area contributed by atoms with Crippen molar-refractivity contribution < 1.29 is 20.4 Å². The predicted molar refractivity (Wildman–Crippen MR) is 184 cm³/mol. The van der Waals surface area contributed by atoms with Gasteiger partial charge in [0.15, 0.2) is 0 Å². The Morgan fingerprint density at radius 2 is 0.911 bits per heavy atom. The maximum absolute atomic E-state index is 11.4. The largest absolute Gasteiger partial charge is 0.507 e. The standard InChI is InChI=1S/C41H48O4/c1-24-21-32(26(3)36(40(24)44)28-13-7-5-8-14-28)38-30(17-11-19-34(38)42)23-31-18-12-20-35(43)39(31)33-22-25(2)41(45)37(27(33)4)29-15-9-6-10-16-29/h11-12,17-22,28-29,42-45H,5-10,13-16,23H2,1-4H3. The Morgan fingerprint density at radius 1 is 0.533 bits per heavy atom. The van der Waals surface area contributed by atoms with E-state index in [-0.39, 0.29) is 11.5 Å². The van der Waals surface area contributed by atoms with E-state index in [0.29, 0.717) is 29.8 Å². The second-order valence-electron chi connectivity index (χ2n) is 13.7. The summed E-state index contributed by atoms with van der Waals surface area (Å²) in [5.74, 6) is 1.86. The van der Waals surface area contributed by atoms with Crippen LogP contribution < -0.4 is 0 Å². The average molecular weight is 605 g/mol. The number of aryl methyl sites for hydroxylation is 2. The molecule has 4 nitrogen and oxygen atoms in total. The molecule has 2 aliphatic rings. The zero-order valence-electron chi connectivity index (χ0n) is 27.3. The molecule has 0 amide bonds. The number of hydrogen-bond acceptors (Lipinski definition) is 4. The quantitative estimate of drug-likeness (QED) is 0.176. The number of hydrogen-bond donors (Lipinski definition) is 4. The molecule has 0 atom stereocenters. The number of phenolic OH excluding ortho intramolecular Hbond substituents is 4. The monoisotopic (exact) mass is 604 g/mol. The average Bonchev–Trinajstić information content (AvgIpc) is 3.03. The Morgan fingerprint density at radius 3 is 1.29 bits per heavy atom. The highest BCUT2D eigenvalue weighted by atomic mass is 16.3. The van der Waals surface area contributed by atoms with Crippen molar-refractivity contribution in [3.05, 3.63) is 93.0 Å². The van der Waals surface area contributed by atoms with Gasteiger partial charge >= 0.3 is 0 Å². The summed E-state index contributed by atoms with van der Waals surface area (Å²) in [6, 6.07) is 15.4. The second kappa shape index (κ2) is 12.8. The molecule has 2 aliphatic carbocycles. The van der Waals surface area contributed by atoms with Crippen LogP contribution in [0.4, 0.5) is 0 Å². The van der Waals surface area contributed by atoms with E-state index < -0.39 is 0 Å². The molecule has 0 saturated heterocycles. The lowest BCUT2D eigenvalue weighted by molar-refractivity contribution is 0.411. The van der Waals surface area contributed by atoms with E-state index in [1.165, 1.54) is 38.5 Å². The van der Waals surface area contributed by atoms with E-state index in [1.54, 1.807) is 12.1 Å². The van der Waals surface area contributed by atoms with Gasteiger partial charge in [-0.1, -0.05) is 62.8 Å². The number of aromatic hydroxyl groups is 4. The molecule has 0 heterocycles. The van der Waals surface area contributed by atoms with Crippen molar-refractivity contribution in [2.24, 2.45) is 0 Å². The first-order valence-corrected chi connectivity index (χ1v) is 17.0. The Bertz CT molecular complexity index is 1590. The van der Waals surface area contributed by atoms with Crippen LogP contribution in [0.2, 0.25) is 0 Å². The first-order valence-electron chi connectivity index (χ1n) is 17.0. The van der Waals surface area contributed by atoms with Crippen molar-refractivity contribution in [1.82, 2.24) is 0 Å². The van der Waals surface area contributed by atoms with Crippen LogP contribution >= 0.6 is 0 Å². The molecular weight excluding hydrogens is 556 g/mol. The van der Waals surface area contributed by atoms with Gasteiger partial charge in [0.1, 0.15) is 23.0 Å². The third kappa shape index (κ3) is 5.80. The fourth-order valence-corrected chi connectivity index (χ4v) is 8.45. The summed E-state index contributed by atoms with van der Waals surface area (Å²) in [5, 5.41) is 45.3. The summed E-state index contributed by atoms with van der Waals surface area (Å²) in [6.45, 7) is 8.09. The van der Waals surface area contributed by atoms with Gasteiger partial charge in [-0.15, -0.1) is 0 Å². The molecule has 0 radical (unpaired) electrons. The summed E-state index contributed by atoms with van der Waals surface area (Å²) >= 11 is 0. The molecule has 0 spiro atoms. The molecule has 236 valence electrons. The number of benzene rings is 4. The molecule has 4 heteroatoms. The Hall–Kier alpha value is -3.92. The van der Waals surface area contributed by atoms with Crippen LogP contribution in [-0.2, 0) is 6.42 Å². The molecule has 2 saturated carbocycles. The summed E-state index contributed by atoms with van der Waals surface area (Å²) in [4.78, 5) is 0. The van der Waals surface area contributed by atoms with Crippen molar-refractivity contribution in [3.8, 4) is 45.3 Å². The molecular formula is C41H48O4. The maximum atomic E-state index is 11.4. The Kier molecular flexibility index (Phi) is 8.86. The summed E-state index contributed by atoms with van der Waals surface area (Å²) < 4.78 is 0. The van der Waals surface area contributed by atoms with Crippen LogP contribution in [0.1, 0.15) is 121 Å². The van der Waals surface area contributed by atoms with Crippen molar-refractivity contribution in [2.75, 3.05) is 0 Å². The first kappa shape index (κ1) is 31.1. The van der Waals surface area contributed by atoms with Gasteiger partial charge in [0.2, 0.25) is 0 Å². The van der Waals surface area contributed by atoms with Gasteiger partial charge < -0.3 is 20.4 Å². The van der Waals surface area contributed by atoms with Crippen LogP contribution in [0, 0.1) is 27.7 Å². The van der Waals surface area contributed by atoms with Crippen molar-refractivity contribution in [1.29, 1.82) is 0 Å². The molecule has 4 aromatic carbocycles. The predicted octanol–water partition coefficient (Wildman–Crippen LogP) is 10.8. The lowest BCUT2D eigenvalue weighted by Crippen LogP contribution is -2.09. The molecule has 4 N–H and O–H groups in total. The van der Waals surface area contributed by atoms with Crippen molar-refractivity contribution in [2.45, 2.75) is 110 Å². The Balaban J connectivity index is 1.48. The minimum atomic E-state index is 0.216. The highest BCUT2D eigenvalue weighted by molar-refractivity contribution is 5.82. The minimum Gasteiger partial charge on any atom is -0.507 e. The van der Waals surface area contributed by atoms with Gasteiger partial charge in [-0.05, 0) is 140 Å². The topological polar surface area (TPSA) is 80.9 Å². The van der Waals surface area contributed by atoms with E-state index in [0.717, 1.165) is 92.4 Å². The zero-order valence-corrected chi connectivity index (χ0v) is 27.3. The van der Waals surface area contributed by atoms with Gasteiger partial charge in [-0.2, -0.15) is 0 Å². The minimum absolute atomic E-state index is 0.216. The number of phenols is 4. The van der Waals surface area contributed by atoms with E-state index in [4.69, 9.17) is 0 Å². The second-order valence-corrected chi connectivity index (χ2v) is 13.7. The number of rotatable bonds is 6. The van der Waals surface area contributed by atoms with E-state index in [2.05, 4.69) is 26.0 Å².